The Labute approximate surface area is 135 Å². The zero-order valence-electron chi connectivity index (χ0n) is 14.8. The molecule has 0 heterocycles. The smallest absolute Gasteiger partial charge is 0.0937 e. The highest BCUT2D eigenvalue weighted by Crippen LogP contribution is 2.07. The Hall–Kier alpha value is -1.84. The van der Waals surface area contributed by atoms with Gasteiger partial charge in [0.15, 0.2) is 0 Å². The van der Waals surface area contributed by atoms with E-state index >= 15 is 0 Å². The van der Waals surface area contributed by atoms with Crippen molar-refractivity contribution in [2.75, 3.05) is 0 Å². The zero-order chi connectivity index (χ0) is 16.5. The molecule has 4 nitrogen and oxygen atoms in total. The van der Waals surface area contributed by atoms with Crippen molar-refractivity contribution >= 4 is 11.7 Å². The van der Waals surface area contributed by atoms with Gasteiger partial charge in [0.05, 0.1) is 24.8 Å². The van der Waals surface area contributed by atoms with Crippen molar-refractivity contribution in [3.63, 3.8) is 0 Å². The monoisotopic (exact) mass is 302 g/mol. The average molecular weight is 302 g/mol. The summed E-state index contributed by atoms with van der Waals surface area (Å²) in [4.78, 5) is 9.08. The molecule has 0 radical (unpaired) electrons. The number of hydrogen-bond donors (Lipinski definition) is 2. The molecule has 0 aliphatic rings. The second-order valence-corrected chi connectivity index (χ2v) is 6.22. The van der Waals surface area contributed by atoms with Gasteiger partial charge in [-0.1, -0.05) is 24.3 Å². The summed E-state index contributed by atoms with van der Waals surface area (Å²) in [7, 11) is 0. The lowest BCUT2D eigenvalue weighted by molar-refractivity contribution is 0.725. The summed E-state index contributed by atoms with van der Waals surface area (Å²) in [5, 5.41) is 6.60. The van der Waals surface area contributed by atoms with Crippen LogP contribution in [-0.2, 0) is 13.1 Å². The minimum Gasteiger partial charge on any atom is -0.372 e. The van der Waals surface area contributed by atoms with E-state index in [1.807, 2.05) is 13.8 Å². The molecule has 2 N–H and O–H groups in total. The molecule has 0 saturated carbocycles. The van der Waals surface area contributed by atoms with Crippen LogP contribution in [-0.4, -0.2) is 23.8 Å². The molecule has 1 aromatic rings. The van der Waals surface area contributed by atoms with E-state index < -0.39 is 0 Å². The van der Waals surface area contributed by atoms with E-state index in [0.717, 1.165) is 11.7 Å². The van der Waals surface area contributed by atoms with Crippen molar-refractivity contribution in [3.8, 4) is 0 Å². The number of amidine groups is 2. The molecule has 0 spiro atoms. The first-order chi connectivity index (χ1) is 10.4. The molecule has 0 bridgehead atoms. The Morgan fingerprint density at radius 1 is 0.773 bits per heavy atom. The van der Waals surface area contributed by atoms with Crippen LogP contribution in [0.4, 0.5) is 0 Å². The first-order valence-electron chi connectivity index (χ1n) is 7.99. The van der Waals surface area contributed by atoms with E-state index in [1.54, 1.807) is 0 Å². The second-order valence-electron chi connectivity index (χ2n) is 6.22. The predicted octanol–water partition coefficient (Wildman–Crippen LogP) is 3.52. The van der Waals surface area contributed by atoms with Crippen LogP contribution < -0.4 is 10.6 Å². The standard InChI is InChI=1S/C18H30N4/c1-13(2)21-15(5)19-11-17-7-9-18(10-8-17)12-20-16(6)22-14(3)4/h7-10,13-14H,11-12H2,1-6H3,(H,19,21)(H,20,22). The third-order valence-corrected chi connectivity index (χ3v) is 3.02. The molecular formula is C18H30N4. The number of aliphatic imine (C=N–C) groups is 2. The number of nitrogens with zero attached hydrogens (tertiary/aromatic N) is 2. The lowest BCUT2D eigenvalue weighted by Crippen LogP contribution is -2.27. The molecule has 0 aliphatic heterocycles. The zero-order valence-corrected chi connectivity index (χ0v) is 14.8. The summed E-state index contributed by atoms with van der Waals surface area (Å²) < 4.78 is 0. The van der Waals surface area contributed by atoms with Gasteiger partial charge in [0.2, 0.25) is 0 Å². The van der Waals surface area contributed by atoms with Gasteiger partial charge >= 0.3 is 0 Å². The summed E-state index contributed by atoms with van der Waals surface area (Å²) in [5.41, 5.74) is 2.43. The van der Waals surface area contributed by atoms with Crippen molar-refractivity contribution in [1.82, 2.24) is 10.6 Å². The van der Waals surface area contributed by atoms with Gasteiger partial charge in [-0.25, -0.2) is 0 Å². The molecule has 1 rings (SSSR count). The van der Waals surface area contributed by atoms with Crippen LogP contribution >= 0.6 is 0 Å². The minimum atomic E-state index is 0.423. The van der Waals surface area contributed by atoms with E-state index in [9.17, 15) is 0 Å². The number of benzene rings is 1. The van der Waals surface area contributed by atoms with Gasteiger partial charge < -0.3 is 10.6 Å². The fraction of sp³-hybridized carbons (Fsp3) is 0.556. The van der Waals surface area contributed by atoms with Crippen LogP contribution in [0.1, 0.15) is 52.7 Å². The van der Waals surface area contributed by atoms with E-state index in [1.165, 1.54) is 11.1 Å². The van der Waals surface area contributed by atoms with Crippen LogP contribution in [0.5, 0.6) is 0 Å². The maximum absolute atomic E-state index is 4.54. The summed E-state index contributed by atoms with van der Waals surface area (Å²) in [5.74, 6) is 1.97. The fourth-order valence-corrected chi connectivity index (χ4v) is 2.10. The van der Waals surface area contributed by atoms with E-state index in [2.05, 4.69) is 72.6 Å². The van der Waals surface area contributed by atoms with Crippen LogP contribution in [0.2, 0.25) is 0 Å². The highest BCUT2D eigenvalue weighted by Gasteiger charge is 1.98. The summed E-state index contributed by atoms with van der Waals surface area (Å²) in [6.45, 7) is 13.9. The Morgan fingerprint density at radius 2 is 1.09 bits per heavy atom. The van der Waals surface area contributed by atoms with Gasteiger partial charge in [-0.05, 0) is 52.7 Å². The maximum atomic E-state index is 4.54. The molecule has 4 heteroatoms. The molecule has 22 heavy (non-hydrogen) atoms. The van der Waals surface area contributed by atoms with Crippen molar-refractivity contribution in [3.05, 3.63) is 35.4 Å². The Kier molecular flexibility index (Phi) is 7.64. The highest BCUT2D eigenvalue weighted by molar-refractivity contribution is 5.80. The number of hydrogen-bond acceptors (Lipinski definition) is 2. The Bertz CT molecular complexity index is 451. The maximum Gasteiger partial charge on any atom is 0.0937 e. The molecule has 0 aromatic heterocycles. The van der Waals surface area contributed by atoms with Crippen molar-refractivity contribution in [2.24, 2.45) is 9.98 Å². The first kappa shape index (κ1) is 18.2. The molecule has 0 amide bonds. The minimum absolute atomic E-state index is 0.423. The molecule has 0 atom stereocenters. The molecular weight excluding hydrogens is 272 g/mol. The van der Waals surface area contributed by atoms with Gasteiger partial charge in [0.25, 0.3) is 0 Å². The summed E-state index contributed by atoms with van der Waals surface area (Å²) >= 11 is 0. The molecule has 0 aliphatic carbocycles. The molecule has 122 valence electrons. The van der Waals surface area contributed by atoms with Crippen molar-refractivity contribution < 1.29 is 0 Å². The largest absolute Gasteiger partial charge is 0.372 e. The SMILES string of the molecule is CC(=NCc1ccc(CN=C(C)NC(C)C)cc1)NC(C)C. The summed E-state index contributed by atoms with van der Waals surface area (Å²) in [6, 6.07) is 9.35. The van der Waals surface area contributed by atoms with Crippen LogP contribution in [0.3, 0.4) is 0 Å². The van der Waals surface area contributed by atoms with Crippen molar-refractivity contribution in [2.45, 2.75) is 66.7 Å². The third-order valence-electron chi connectivity index (χ3n) is 3.02. The summed E-state index contributed by atoms with van der Waals surface area (Å²) in [6.07, 6.45) is 0. The van der Waals surface area contributed by atoms with Crippen LogP contribution in [0.15, 0.2) is 34.3 Å². The Balaban J connectivity index is 2.53. The quantitative estimate of drug-likeness (QED) is 0.624. The van der Waals surface area contributed by atoms with E-state index in [0.29, 0.717) is 25.2 Å². The van der Waals surface area contributed by atoms with E-state index in [4.69, 9.17) is 0 Å². The van der Waals surface area contributed by atoms with Gasteiger partial charge in [0, 0.05) is 12.1 Å². The van der Waals surface area contributed by atoms with Crippen LogP contribution in [0.25, 0.3) is 0 Å². The van der Waals surface area contributed by atoms with Crippen LogP contribution in [0, 0.1) is 0 Å². The third kappa shape index (κ3) is 7.81. The van der Waals surface area contributed by atoms with Gasteiger partial charge in [-0.3, -0.25) is 9.98 Å². The molecule has 0 saturated heterocycles. The Morgan fingerprint density at radius 3 is 1.36 bits per heavy atom. The van der Waals surface area contributed by atoms with Gasteiger partial charge in [0.1, 0.15) is 0 Å². The lowest BCUT2D eigenvalue weighted by Gasteiger charge is -2.09. The fourth-order valence-electron chi connectivity index (χ4n) is 2.10. The van der Waals surface area contributed by atoms with Gasteiger partial charge in [-0.2, -0.15) is 0 Å². The second kappa shape index (κ2) is 9.23. The topological polar surface area (TPSA) is 48.8 Å². The average Bonchev–Trinajstić information content (AvgIpc) is 2.42. The first-order valence-corrected chi connectivity index (χ1v) is 7.99. The molecule has 0 fully saturated rings. The van der Waals surface area contributed by atoms with Crippen molar-refractivity contribution in [1.29, 1.82) is 0 Å². The predicted molar refractivity (Wildman–Crippen MR) is 96.6 cm³/mol. The van der Waals surface area contributed by atoms with Gasteiger partial charge in [-0.15, -0.1) is 0 Å². The normalized spacial score (nSPS) is 12.9. The number of nitrogens with one attached hydrogen (secondary N) is 2. The highest BCUT2D eigenvalue weighted by atomic mass is 15.0. The lowest BCUT2D eigenvalue weighted by atomic mass is 10.1. The number of rotatable bonds is 6. The van der Waals surface area contributed by atoms with E-state index in [-0.39, 0.29) is 0 Å². The molecule has 0 unspecified atom stereocenters. The molecule has 1 aromatic carbocycles.